The Morgan fingerprint density at radius 1 is 1.00 bits per heavy atom. The summed E-state index contributed by atoms with van der Waals surface area (Å²) in [5.74, 6) is 0. The van der Waals surface area contributed by atoms with Crippen molar-refractivity contribution < 1.29 is 1.43 Å². The zero-order valence-electron chi connectivity index (χ0n) is 11.7. The summed E-state index contributed by atoms with van der Waals surface area (Å²) < 4.78 is 0. The number of hydrogen-bond acceptors (Lipinski definition) is 1. The van der Waals surface area contributed by atoms with E-state index in [0.717, 1.165) is 0 Å². The fourth-order valence-electron chi connectivity index (χ4n) is 3.34. The minimum absolute atomic E-state index is 0. The molecule has 0 aliphatic heterocycles. The zero-order chi connectivity index (χ0) is 13.1. The molecule has 1 saturated carbocycles. The van der Waals surface area contributed by atoms with Crippen molar-refractivity contribution in [2.75, 3.05) is 0 Å². The van der Waals surface area contributed by atoms with Crippen LogP contribution in [0.4, 0.5) is 0 Å². The molecule has 1 N–H and O–H groups in total. The van der Waals surface area contributed by atoms with Crippen LogP contribution < -0.4 is 5.32 Å². The van der Waals surface area contributed by atoms with E-state index < -0.39 is 0 Å². The Morgan fingerprint density at radius 3 is 2.58 bits per heavy atom. The van der Waals surface area contributed by atoms with E-state index in [0.29, 0.717) is 12.1 Å². The first-order valence-corrected chi connectivity index (χ1v) is 7.58. The van der Waals surface area contributed by atoms with Crippen LogP contribution in [0.5, 0.6) is 0 Å². The second-order valence-corrected chi connectivity index (χ2v) is 5.79. The Hall–Kier alpha value is -1.34. The van der Waals surface area contributed by atoms with Gasteiger partial charge in [0.1, 0.15) is 0 Å². The van der Waals surface area contributed by atoms with Gasteiger partial charge in [-0.05, 0) is 36.1 Å². The van der Waals surface area contributed by atoms with Crippen molar-refractivity contribution in [2.24, 2.45) is 0 Å². The third kappa shape index (κ3) is 2.82. The lowest BCUT2D eigenvalue weighted by Crippen LogP contribution is -2.33. The van der Waals surface area contributed by atoms with Crippen LogP contribution in [-0.4, -0.2) is 6.04 Å². The highest BCUT2D eigenvalue weighted by Crippen LogP contribution is 2.26. The third-order valence-corrected chi connectivity index (χ3v) is 4.38. The van der Waals surface area contributed by atoms with Crippen molar-refractivity contribution in [3.63, 3.8) is 0 Å². The number of benzene rings is 2. The molecule has 0 saturated heterocycles. The van der Waals surface area contributed by atoms with E-state index in [2.05, 4.69) is 54.7 Å². The van der Waals surface area contributed by atoms with E-state index in [-0.39, 0.29) is 1.43 Å². The fraction of sp³-hybridized carbons (Fsp3) is 0.444. The summed E-state index contributed by atoms with van der Waals surface area (Å²) in [5, 5.41) is 6.56. The summed E-state index contributed by atoms with van der Waals surface area (Å²) >= 11 is 0. The Morgan fingerprint density at radius 2 is 1.74 bits per heavy atom. The molecule has 0 aromatic heterocycles. The van der Waals surface area contributed by atoms with Crippen molar-refractivity contribution in [1.29, 1.82) is 0 Å². The molecule has 0 radical (unpaired) electrons. The minimum Gasteiger partial charge on any atom is -0.307 e. The Labute approximate surface area is 117 Å². The summed E-state index contributed by atoms with van der Waals surface area (Å²) in [6.45, 7) is 2.30. The topological polar surface area (TPSA) is 12.0 Å². The Balaban J connectivity index is 0.00000147. The lowest BCUT2D eigenvalue weighted by atomic mass is 9.93. The molecular formula is C18H25N. The molecule has 19 heavy (non-hydrogen) atoms. The van der Waals surface area contributed by atoms with Crippen LogP contribution in [0.2, 0.25) is 0 Å². The second-order valence-electron chi connectivity index (χ2n) is 5.79. The maximum absolute atomic E-state index is 3.83. The van der Waals surface area contributed by atoms with Crippen LogP contribution in [0.15, 0.2) is 42.5 Å². The average Bonchev–Trinajstić information content (AvgIpc) is 2.47. The average molecular weight is 255 g/mol. The van der Waals surface area contributed by atoms with Crippen LogP contribution in [-0.2, 0) is 0 Å². The lowest BCUT2D eigenvalue weighted by Gasteiger charge is -2.27. The molecule has 3 rings (SSSR count). The molecular weight excluding hydrogens is 230 g/mol. The molecule has 1 atom stereocenters. The van der Waals surface area contributed by atoms with Crippen LogP contribution in [0, 0.1) is 0 Å². The van der Waals surface area contributed by atoms with Gasteiger partial charge in [-0.3, -0.25) is 0 Å². The van der Waals surface area contributed by atoms with E-state index in [1.165, 1.54) is 48.4 Å². The quantitative estimate of drug-likeness (QED) is 0.807. The maximum atomic E-state index is 3.83. The molecule has 0 amide bonds. The van der Waals surface area contributed by atoms with Gasteiger partial charge in [0, 0.05) is 13.5 Å². The Bertz CT molecular complexity index is 541. The number of fused-ring (bicyclic) bond motifs is 1. The first-order valence-electron chi connectivity index (χ1n) is 7.58. The Kier molecular flexibility index (Phi) is 3.84. The van der Waals surface area contributed by atoms with Crippen molar-refractivity contribution in [3.05, 3.63) is 48.0 Å². The smallest absolute Gasteiger partial charge is 0.0300 e. The van der Waals surface area contributed by atoms with Gasteiger partial charge in [0.15, 0.2) is 0 Å². The molecule has 0 bridgehead atoms. The van der Waals surface area contributed by atoms with Gasteiger partial charge in [0.2, 0.25) is 0 Å². The van der Waals surface area contributed by atoms with Crippen LogP contribution in [0.1, 0.15) is 52.1 Å². The maximum Gasteiger partial charge on any atom is 0.0300 e. The standard InChI is InChI=1S/C18H23N.H2/c1-14(19-16-10-3-2-4-11-16)17-13-7-9-15-8-5-6-12-18(15)17;/h5-9,12-14,16,19H,2-4,10-11H2,1H3;1H/t14-;/m1./s1. The van der Waals surface area contributed by atoms with E-state index in [1.807, 2.05) is 0 Å². The lowest BCUT2D eigenvalue weighted by molar-refractivity contribution is 0.347. The minimum atomic E-state index is 0. The van der Waals surface area contributed by atoms with Gasteiger partial charge in [-0.15, -0.1) is 0 Å². The van der Waals surface area contributed by atoms with E-state index >= 15 is 0 Å². The highest BCUT2D eigenvalue weighted by Gasteiger charge is 2.17. The molecule has 2 aromatic carbocycles. The molecule has 1 aliphatic carbocycles. The number of rotatable bonds is 3. The molecule has 1 nitrogen and oxygen atoms in total. The number of hydrogen-bond donors (Lipinski definition) is 1. The van der Waals surface area contributed by atoms with Gasteiger partial charge in [-0.25, -0.2) is 0 Å². The van der Waals surface area contributed by atoms with E-state index in [4.69, 9.17) is 0 Å². The van der Waals surface area contributed by atoms with E-state index in [9.17, 15) is 0 Å². The van der Waals surface area contributed by atoms with Crippen molar-refractivity contribution in [1.82, 2.24) is 5.32 Å². The molecule has 0 heterocycles. The van der Waals surface area contributed by atoms with Crippen LogP contribution >= 0.6 is 0 Å². The summed E-state index contributed by atoms with van der Waals surface area (Å²) in [4.78, 5) is 0. The summed E-state index contributed by atoms with van der Waals surface area (Å²) in [6, 6.07) is 16.5. The highest BCUT2D eigenvalue weighted by atomic mass is 14.9. The first-order chi connectivity index (χ1) is 9.34. The molecule has 1 heteroatoms. The third-order valence-electron chi connectivity index (χ3n) is 4.38. The first kappa shape index (κ1) is 12.7. The monoisotopic (exact) mass is 255 g/mol. The zero-order valence-corrected chi connectivity index (χ0v) is 11.7. The predicted octanol–water partition coefficient (Wildman–Crippen LogP) is 5.07. The van der Waals surface area contributed by atoms with Gasteiger partial charge in [-0.1, -0.05) is 61.7 Å². The van der Waals surface area contributed by atoms with Gasteiger partial charge >= 0.3 is 0 Å². The van der Waals surface area contributed by atoms with Crippen molar-refractivity contribution in [3.8, 4) is 0 Å². The van der Waals surface area contributed by atoms with Gasteiger partial charge in [-0.2, -0.15) is 0 Å². The molecule has 0 unspecified atom stereocenters. The van der Waals surface area contributed by atoms with Crippen LogP contribution in [0.3, 0.4) is 0 Å². The van der Waals surface area contributed by atoms with Crippen molar-refractivity contribution >= 4 is 10.8 Å². The molecule has 2 aromatic rings. The molecule has 1 aliphatic rings. The largest absolute Gasteiger partial charge is 0.307 e. The summed E-state index contributed by atoms with van der Waals surface area (Å²) in [7, 11) is 0. The van der Waals surface area contributed by atoms with Gasteiger partial charge < -0.3 is 5.32 Å². The second kappa shape index (κ2) is 5.75. The normalized spacial score (nSPS) is 18.6. The SMILES string of the molecule is C[C@@H](NC1CCCCC1)c1cccc2ccccc12.[HH]. The number of nitrogens with one attached hydrogen (secondary N) is 1. The van der Waals surface area contributed by atoms with Crippen LogP contribution in [0.25, 0.3) is 10.8 Å². The summed E-state index contributed by atoms with van der Waals surface area (Å²) in [6.07, 6.45) is 6.88. The summed E-state index contributed by atoms with van der Waals surface area (Å²) in [5.41, 5.74) is 1.43. The van der Waals surface area contributed by atoms with Gasteiger partial charge in [0.05, 0.1) is 0 Å². The van der Waals surface area contributed by atoms with Crippen molar-refractivity contribution in [2.45, 2.75) is 51.1 Å². The predicted molar refractivity (Wildman–Crippen MR) is 84.5 cm³/mol. The molecule has 0 spiro atoms. The molecule has 102 valence electrons. The van der Waals surface area contributed by atoms with Gasteiger partial charge in [0.25, 0.3) is 0 Å². The van der Waals surface area contributed by atoms with E-state index in [1.54, 1.807) is 0 Å². The molecule has 1 fully saturated rings. The highest BCUT2D eigenvalue weighted by molar-refractivity contribution is 5.86. The fourth-order valence-corrected chi connectivity index (χ4v) is 3.34.